The number of rotatable bonds is 5. The van der Waals surface area contributed by atoms with Gasteiger partial charge in [0.2, 0.25) is 0 Å². The second-order valence-electron chi connectivity index (χ2n) is 4.60. The van der Waals surface area contributed by atoms with Crippen molar-refractivity contribution >= 4 is 17.6 Å². The lowest BCUT2D eigenvalue weighted by molar-refractivity contribution is 1.35. The Morgan fingerprint density at radius 2 is 2.05 bits per heavy atom. The molecule has 0 bridgehead atoms. The number of hydrogen-bond donors (Lipinski definition) is 1. The Labute approximate surface area is 121 Å². The van der Waals surface area contributed by atoms with Gasteiger partial charge in [-0.2, -0.15) is 0 Å². The fraction of sp³-hybridized carbons (Fsp3) is 0.167. The Kier molecular flexibility index (Phi) is 5.73. The predicted molar refractivity (Wildman–Crippen MR) is 90.8 cm³/mol. The Morgan fingerprint density at radius 3 is 2.60 bits per heavy atom. The van der Waals surface area contributed by atoms with Gasteiger partial charge in [0, 0.05) is 23.0 Å². The number of aryl methyl sites for hydroxylation is 1. The Hall–Kier alpha value is -2.35. The Bertz CT molecular complexity index is 602. The van der Waals surface area contributed by atoms with E-state index in [-0.39, 0.29) is 0 Å². The normalized spacial score (nSPS) is 12.8. The van der Waals surface area contributed by atoms with Crippen molar-refractivity contribution in [2.75, 3.05) is 5.73 Å². The fourth-order valence-electron chi connectivity index (χ4n) is 1.90. The number of nitrogen functional groups attached to an aromatic ring is 1. The number of allylic oxidation sites excluding steroid dienone is 5. The number of nitrogens with two attached hydrogens (primary N) is 1. The molecule has 0 heterocycles. The van der Waals surface area contributed by atoms with Crippen LogP contribution >= 0.6 is 0 Å². The molecule has 0 amide bonds. The van der Waals surface area contributed by atoms with E-state index in [0.717, 1.165) is 33.7 Å². The van der Waals surface area contributed by atoms with E-state index in [4.69, 9.17) is 5.73 Å². The van der Waals surface area contributed by atoms with Crippen molar-refractivity contribution in [1.29, 1.82) is 0 Å². The molecular formula is C18H22N2. The lowest BCUT2D eigenvalue weighted by Gasteiger charge is -2.12. The molecule has 0 aromatic heterocycles. The van der Waals surface area contributed by atoms with E-state index >= 15 is 0 Å². The topological polar surface area (TPSA) is 38.4 Å². The summed E-state index contributed by atoms with van der Waals surface area (Å²) >= 11 is 0. The molecule has 2 N–H and O–H groups in total. The summed E-state index contributed by atoms with van der Waals surface area (Å²) in [6, 6.07) is 5.84. The van der Waals surface area contributed by atoms with Crippen LogP contribution in [0, 0.1) is 6.92 Å². The summed E-state index contributed by atoms with van der Waals surface area (Å²) in [6.45, 7) is 13.7. The van der Waals surface area contributed by atoms with Gasteiger partial charge in [0.1, 0.15) is 0 Å². The average Bonchev–Trinajstić information content (AvgIpc) is 2.40. The highest BCUT2D eigenvalue weighted by molar-refractivity contribution is 5.81. The molecular weight excluding hydrogens is 244 g/mol. The van der Waals surface area contributed by atoms with Crippen LogP contribution in [0.25, 0.3) is 5.70 Å². The molecule has 1 rings (SSSR count). The fourth-order valence-corrected chi connectivity index (χ4v) is 1.90. The highest BCUT2D eigenvalue weighted by atomic mass is 14.7. The molecule has 0 aliphatic heterocycles. The van der Waals surface area contributed by atoms with Crippen molar-refractivity contribution in [3.05, 3.63) is 71.9 Å². The molecule has 0 spiro atoms. The van der Waals surface area contributed by atoms with Crippen molar-refractivity contribution in [3.8, 4) is 0 Å². The smallest absolute Gasteiger partial charge is 0.0776 e. The van der Waals surface area contributed by atoms with Crippen LogP contribution < -0.4 is 5.73 Å². The van der Waals surface area contributed by atoms with Gasteiger partial charge in [-0.25, -0.2) is 0 Å². The lowest BCUT2D eigenvalue weighted by Crippen LogP contribution is -1.95. The third-order valence-corrected chi connectivity index (χ3v) is 2.89. The number of aliphatic imine (C=N–C) groups is 1. The number of anilines is 1. The van der Waals surface area contributed by atoms with Crippen LogP contribution in [0.4, 0.5) is 5.69 Å². The van der Waals surface area contributed by atoms with Crippen LogP contribution in [0.5, 0.6) is 0 Å². The summed E-state index contributed by atoms with van der Waals surface area (Å²) in [6.07, 6.45) is 7.38. The monoisotopic (exact) mass is 266 g/mol. The zero-order valence-electron chi connectivity index (χ0n) is 12.5. The number of nitrogens with zero attached hydrogens (tertiary/aromatic N) is 1. The van der Waals surface area contributed by atoms with Crippen LogP contribution in [0.1, 0.15) is 25.0 Å². The summed E-state index contributed by atoms with van der Waals surface area (Å²) in [7, 11) is 0. The maximum absolute atomic E-state index is 5.91. The second kappa shape index (κ2) is 7.29. The van der Waals surface area contributed by atoms with Gasteiger partial charge < -0.3 is 5.73 Å². The van der Waals surface area contributed by atoms with Gasteiger partial charge in [0.05, 0.1) is 5.70 Å². The third-order valence-electron chi connectivity index (χ3n) is 2.89. The van der Waals surface area contributed by atoms with Gasteiger partial charge in [-0.15, -0.1) is 0 Å². The first-order chi connectivity index (χ1) is 9.51. The predicted octanol–water partition coefficient (Wildman–Crippen LogP) is 4.70. The van der Waals surface area contributed by atoms with Crippen molar-refractivity contribution < 1.29 is 0 Å². The van der Waals surface area contributed by atoms with Crippen molar-refractivity contribution in [2.45, 2.75) is 20.8 Å². The van der Waals surface area contributed by atoms with E-state index in [1.165, 1.54) is 0 Å². The van der Waals surface area contributed by atoms with Crippen LogP contribution in [-0.2, 0) is 0 Å². The molecule has 1 aromatic carbocycles. The van der Waals surface area contributed by atoms with Crippen LogP contribution in [-0.4, -0.2) is 6.21 Å². The Balaban J connectivity index is 3.63. The van der Waals surface area contributed by atoms with Gasteiger partial charge >= 0.3 is 0 Å². The number of hydrogen-bond acceptors (Lipinski definition) is 2. The maximum Gasteiger partial charge on any atom is 0.0776 e. The zero-order valence-corrected chi connectivity index (χ0v) is 12.5. The molecule has 20 heavy (non-hydrogen) atoms. The SMILES string of the molecule is C=C/C=C\C(C(=C)C)=C(\N=CC)c1cc(N)ccc1C. The van der Waals surface area contributed by atoms with E-state index in [0.29, 0.717) is 0 Å². The van der Waals surface area contributed by atoms with Crippen LogP contribution in [0.2, 0.25) is 0 Å². The minimum Gasteiger partial charge on any atom is -0.399 e. The zero-order chi connectivity index (χ0) is 15.1. The van der Waals surface area contributed by atoms with E-state index < -0.39 is 0 Å². The first-order valence-electron chi connectivity index (χ1n) is 6.55. The second-order valence-corrected chi connectivity index (χ2v) is 4.60. The summed E-state index contributed by atoms with van der Waals surface area (Å²) in [5.74, 6) is 0. The van der Waals surface area contributed by atoms with E-state index in [1.807, 2.05) is 51.1 Å². The van der Waals surface area contributed by atoms with Crippen LogP contribution in [0.15, 0.2) is 65.7 Å². The molecule has 0 saturated carbocycles. The highest BCUT2D eigenvalue weighted by Crippen LogP contribution is 2.29. The number of benzene rings is 1. The molecule has 104 valence electrons. The first kappa shape index (κ1) is 15.7. The lowest BCUT2D eigenvalue weighted by atomic mass is 9.97. The Morgan fingerprint density at radius 1 is 1.35 bits per heavy atom. The maximum atomic E-state index is 5.91. The minimum absolute atomic E-state index is 0.725. The molecule has 0 fully saturated rings. The molecule has 0 atom stereocenters. The molecule has 2 nitrogen and oxygen atoms in total. The van der Waals surface area contributed by atoms with Crippen LogP contribution in [0.3, 0.4) is 0 Å². The average molecular weight is 266 g/mol. The van der Waals surface area contributed by atoms with E-state index in [1.54, 1.807) is 12.3 Å². The summed E-state index contributed by atoms with van der Waals surface area (Å²) in [4.78, 5) is 4.52. The standard InChI is InChI=1S/C18H22N2/c1-6-8-9-16(13(3)4)18(20-7-2)17-12-15(19)11-10-14(17)5/h6-12H,1,3,19H2,2,4-5H3/b9-8-,18-16-,20-7?. The summed E-state index contributed by atoms with van der Waals surface area (Å²) in [5.41, 5.74) is 11.6. The van der Waals surface area contributed by atoms with Crippen molar-refractivity contribution in [1.82, 2.24) is 0 Å². The van der Waals surface area contributed by atoms with Gasteiger partial charge in [-0.3, -0.25) is 4.99 Å². The van der Waals surface area contributed by atoms with Gasteiger partial charge in [0.25, 0.3) is 0 Å². The summed E-state index contributed by atoms with van der Waals surface area (Å²) in [5, 5.41) is 0. The summed E-state index contributed by atoms with van der Waals surface area (Å²) < 4.78 is 0. The van der Waals surface area contributed by atoms with Gasteiger partial charge in [0.15, 0.2) is 0 Å². The van der Waals surface area contributed by atoms with Gasteiger partial charge in [-0.1, -0.05) is 37.5 Å². The van der Waals surface area contributed by atoms with E-state index in [9.17, 15) is 0 Å². The quantitative estimate of drug-likeness (QED) is 0.468. The molecule has 1 aromatic rings. The molecule has 0 saturated heterocycles. The third kappa shape index (κ3) is 3.82. The molecule has 0 radical (unpaired) electrons. The molecule has 0 aliphatic rings. The first-order valence-corrected chi connectivity index (χ1v) is 6.55. The van der Waals surface area contributed by atoms with E-state index in [2.05, 4.69) is 18.2 Å². The minimum atomic E-state index is 0.725. The molecule has 0 aliphatic carbocycles. The van der Waals surface area contributed by atoms with Crippen molar-refractivity contribution in [2.24, 2.45) is 4.99 Å². The highest BCUT2D eigenvalue weighted by Gasteiger charge is 2.10. The largest absolute Gasteiger partial charge is 0.399 e. The molecule has 0 unspecified atom stereocenters. The van der Waals surface area contributed by atoms with Gasteiger partial charge in [-0.05, 0) is 44.0 Å². The van der Waals surface area contributed by atoms with Crippen molar-refractivity contribution in [3.63, 3.8) is 0 Å². The molecule has 2 heteroatoms.